The number of aromatic nitrogens is 4. The van der Waals surface area contributed by atoms with Crippen LogP contribution in [0.1, 0.15) is 0 Å². The number of methoxy groups -OCH3 is 1. The molecule has 1 fully saturated rings. The Morgan fingerprint density at radius 2 is 1.81 bits per heavy atom. The van der Waals surface area contributed by atoms with Crippen LogP contribution in [0.25, 0.3) is 28.2 Å². The van der Waals surface area contributed by atoms with Crippen LogP contribution in [-0.4, -0.2) is 56.4 Å². The van der Waals surface area contributed by atoms with Gasteiger partial charge < -0.3 is 14.7 Å². The van der Waals surface area contributed by atoms with Crippen molar-refractivity contribution in [2.75, 3.05) is 25.1 Å². The second-order valence-electron chi connectivity index (χ2n) is 7.48. The van der Waals surface area contributed by atoms with Gasteiger partial charge in [-0.15, -0.1) is 0 Å². The average molecular weight is 470 g/mol. The molecule has 0 unspecified atom stereocenters. The van der Waals surface area contributed by atoms with Crippen LogP contribution in [0.3, 0.4) is 0 Å². The van der Waals surface area contributed by atoms with Crippen LogP contribution in [0.4, 0.5) is 5.82 Å². The second kappa shape index (κ2) is 7.74. The minimum Gasteiger partial charge on any atom is -0.467 e. The van der Waals surface area contributed by atoms with Crippen molar-refractivity contribution in [1.29, 1.82) is 0 Å². The highest BCUT2D eigenvalue weighted by molar-refractivity contribution is 6.33. The number of hydrogen-bond acceptors (Lipinski definition) is 7. The van der Waals surface area contributed by atoms with Crippen LogP contribution >= 0.6 is 23.2 Å². The van der Waals surface area contributed by atoms with Gasteiger partial charge in [0.25, 0.3) is 0 Å². The minimum absolute atomic E-state index is 0.0427. The fraction of sp³-hybridized carbons (Fsp3) is 0.182. The number of benzene rings is 2. The van der Waals surface area contributed by atoms with E-state index in [1.807, 2.05) is 34.9 Å². The summed E-state index contributed by atoms with van der Waals surface area (Å²) in [6.45, 7) is 0.0854. The van der Waals surface area contributed by atoms with E-state index in [0.29, 0.717) is 32.9 Å². The quantitative estimate of drug-likeness (QED) is 0.457. The number of aliphatic hydroxyl groups is 1. The maximum atomic E-state index is 11.9. The number of fused-ring (bicyclic) bond motifs is 1. The summed E-state index contributed by atoms with van der Waals surface area (Å²) < 4.78 is 6.58. The van der Waals surface area contributed by atoms with Crippen molar-refractivity contribution in [1.82, 2.24) is 19.5 Å². The number of nitrogens with zero attached hydrogens (tertiary/aromatic N) is 5. The van der Waals surface area contributed by atoms with Crippen molar-refractivity contribution >= 4 is 46.2 Å². The number of anilines is 1. The molecule has 1 aliphatic heterocycles. The van der Waals surface area contributed by atoms with Crippen LogP contribution in [-0.2, 0) is 9.53 Å². The molecule has 0 atom stereocenters. The monoisotopic (exact) mass is 469 g/mol. The number of hydrogen-bond donors (Lipinski definition) is 1. The van der Waals surface area contributed by atoms with Crippen LogP contribution in [0, 0.1) is 0 Å². The Morgan fingerprint density at radius 1 is 1.09 bits per heavy atom. The standard InChI is InChI=1S/C22H17Cl2N5O3/c1-32-21(30)22(31)10-28(11-22)19-17-20(26-12-25-19)29(14-8-6-13(23)7-9-14)18(27-17)15-4-2-3-5-16(15)24/h2-9,12,31H,10-11H2,1H3. The van der Waals surface area contributed by atoms with E-state index in [4.69, 9.17) is 32.9 Å². The molecule has 10 heteroatoms. The Hall–Kier alpha value is -3.20. The summed E-state index contributed by atoms with van der Waals surface area (Å²) in [7, 11) is 1.25. The molecule has 0 aliphatic carbocycles. The smallest absolute Gasteiger partial charge is 0.341 e. The van der Waals surface area contributed by atoms with Crippen molar-refractivity contribution in [2.24, 2.45) is 0 Å². The summed E-state index contributed by atoms with van der Waals surface area (Å²) in [4.78, 5) is 27.3. The molecule has 32 heavy (non-hydrogen) atoms. The van der Waals surface area contributed by atoms with Crippen molar-refractivity contribution in [3.05, 3.63) is 64.9 Å². The zero-order chi connectivity index (χ0) is 22.5. The molecule has 0 bridgehead atoms. The van der Waals surface area contributed by atoms with E-state index in [1.54, 1.807) is 23.1 Å². The molecule has 1 saturated heterocycles. The van der Waals surface area contributed by atoms with Gasteiger partial charge in [-0.2, -0.15) is 0 Å². The van der Waals surface area contributed by atoms with E-state index >= 15 is 0 Å². The van der Waals surface area contributed by atoms with Gasteiger partial charge in [0.1, 0.15) is 12.2 Å². The van der Waals surface area contributed by atoms with E-state index in [2.05, 4.69) is 9.97 Å². The fourth-order valence-corrected chi connectivity index (χ4v) is 4.17. The molecule has 2 aromatic heterocycles. The number of esters is 1. The van der Waals surface area contributed by atoms with Gasteiger partial charge in [-0.3, -0.25) is 4.57 Å². The van der Waals surface area contributed by atoms with Gasteiger partial charge in [-0.25, -0.2) is 19.7 Å². The number of β-amino-alcohol motifs (C(OH)–C–C–N with tert-alkyl or cyclic N) is 1. The first-order valence-corrected chi connectivity index (χ1v) is 10.5. The molecule has 0 saturated carbocycles. The van der Waals surface area contributed by atoms with Crippen LogP contribution < -0.4 is 4.90 Å². The van der Waals surface area contributed by atoms with E-state index in [0.717, 1.165) is 11.3 Å². The number of rotatable bonds is 4. The van der Waals surface area contributed by atoms with E-state index in [1.165, 1.54) is 13.4 Å². The third-order valence-electron chi connectivity index (χ3n) is 5.39. The Kier molecular flexibility index (Phi) is 5.00. The molecular formula is C22H17Cl2N5O3. The first-order chi connectivity index (χ1) is 15.4. The Bertz CT molecular complexity index is 1330. The van der Waals surface area contributed by atoms with Crippen LogP contribution in [0.5, 0.6) is 0 Å². The van der Waals surface area contributed by atoms with Gasteiger partial charge in [0.05, 0.1) is 25.2 Å². The van der Waals surface area contributed by atoms with Gasteiger partial charge in [-0.05, 0) is 36.4 Å². The molecule has 0 radical (unpaired) electrons. The van der Waals surface area contributed by atoms with Gasteiger partial charge in [0, 0.05) is 16.3 Å². The van der Waals surface area contributed by atoms with Crippen molar-refractivity contribution in [3.63, 3.8) is 0 Å². The molecule has 3 heterocycles. The van der Waals surface area contributed by atoms with Crippen LogP contribution in [0.2, 0.25) is 10.0 Å². The van der Waals surface area contributed by atoms with E-state index < -0.39 is 11.6 Å². The third-order valence-corrected chi connectivity index (χ3v) is 5.98. The summed E-state index contributed by atoms with van der Waals surface area (Å²) in [5, 5.41) is 11.6. The topological polar surface area (TPSA) is 93.4 Å². The first kappa shape index (κ1) is 20.7. The van der Waals surface area contributed by atoms with Crippen molar-refractivity contribution in [3.8, 4) is 17.1 Å². The van der Waals surface area contributed by atoms with Crippen molar-refractivity contribution < 1.29 is 14.6 Å². The molecule has 4 aromatic rings. The lowest BCUT2D eigenvalue weighted by molar-refractivity contribution is -0.164. The highest BCUT2D eigenvalue weighted by Crippen LogP contribution is 2.37. The molecule has 8 nitrogen and oxygen atoms in total. The lowest BCUT2D eigenvalue weighted by atomic mass is 9.94. The fourth-order valence-electron chi connectivity index (χ4n) is 3.82. The van der Waals surface area contributed by atoms with E-state index in [9.17, 15) is 9.90 Å². The Balaban J connectivity index is 1.69. The number of carbonyl (C=O) groups excluding carboxylic acids is 1. The predicted molar refractivity (Wildman–Crippen MR) is 121 cm³/mol. The summed E-state index contributed by atoms with van der Waals surface area (Å²) in [5.41, 5.74) is 1.02. The number of ether oxygens (including phenoxy) is 1. The average Bonchev–Trinajstić information content (AvgIpc) is 3.16. The molecule has 0 amide bonds. The molecule has 0 spiro atoms. The maximum absolute atomic E-state index is 11.9. The normalized spacial score (nSPS) is 14.9. The molecule has 162 valence electrons. The molecule has 5 rings (SSSR count). The highest BCUT2D eigenvalue weighted by atomic mass is 35.5. The number of carbonyl (C=O) groups is 1. The van der Waals surface area contributed by atoms with Gasteiger partial charge in [0.2, 0.25) is 0 Å². The summed E-state index contributed by atoms with van der Waals surface area (Å²) in [6.07, 6.45) is 1.43. The first-order valence-electron chi connectivity index (χ1n) is 9.71. The molecule has 1 aliphatic rings. The minimum atomic E-state index is -1.57. The number of halogens is 2. The summed E-state index contributed by atoms with van der Waals surface area (Å²) in [5.74, 6) is 0.408. The third kappa shape index (κ3) is 3.28. The maximum Gasteiger partial charge on any atom is 0.341 e. The SMILES string of the molecule is COC(=O)C1(O)CN(c2ncnc3c2nc(-c2ccccc2Cl)n3-c2ccc(Cl)cc2)C1. The summed E-state index contributed by atoms with van der Waals surface area (Å²) >= 11 is 12.6. The van der Waals surface area contributed by atoms with Gasteiger partial charge >= 0.3 is 5.97 Å². The van der Waals surface area contributed by atoms with Crippen LogP contribution in [0.15, 0.2) is 54.9 Å². The highest BCUT2D eigenvalue weighted by Gasteiger charge is 2.50. The largest absolute Gasteiger partial charge is 0.467 e. The lowest BCUT2D eigenvalue weighted by Crippen LogP contribution is -2.67. The molecule has 1 N–H and O–H groups in total. The Labute approximate surface area is 193 Å². The number of imidazole rings is 1. The van der Waals surface area contributed by atoms with Gasteiger partial charge in [0.15, 0.2) is 22.6 Å². The van der Waals surface area contributed by atoms with Gasteiger partial charge in [-0.1, -0.05) is 35.3 Å². The second-order valence-corrected chi connectivity index (χ2v) is 8.32. The zero-order valence-electron chi connectivity index (χ0n) is 16.9. The molecular weight excluding hydrogens is 453 g/mol. The molecule has 2 aromatic carbocycles. The summed E-state index contributed by atoms with van der Waals surface area (Å²) in [6, 6.07) is 14.7. The zero-order valence-corrected chi connectivity index (χ0v) is 18.4. The van der Waals surface area contributed by atoms with Crippen molar-refractivity contribution in [2.45, 2.75) is 5.60 Å². The van der Waals surface area contributed by atoms with E-state index in [-0.39, 0.29) is 13.1 Å². The lowest BCUT2D eigenvalue weighted by Gasteiger charge is -2.44. The predicted octanol–water partition coefficient (Wildman–Crippen LogP) is 3.51. The Morgan fingerprint density at radius 3 is 2.50 bits per heavy atom.